The van der Waals surface area contributed by atoms with Crippen LogP contribution in [-0.2, 0) is 14.2 Å². The summed E-state index contributed by atoms with van der Waals surface area (Å²) in [6.07, 6.45) is 0.916. The summed E-state index contributed by atoms with van der Waals surface area (Å²) in [6.45, 7) is 2.05. The fourth-order valence-corrected chi connectivity index (χ4v) is 1.86. The molecule has 0 saturated carbocycles. The summed E-state index contributed by atoms with van der Waals surface area (Å²) in [6, 6.07) is 0. The molecule has 0 aliphatic heterocycles. The van der Waals surface area contributed by atoms with E-state index in [-0.39, 0.29) is 6.10 Å². The Labute approximate surface area is 81.5 Å². The molecule has 0 aliphatic rings. The molecule has 65 valence electrons. The Balaban J connectivity index is 4.19. The molecule has 0 aromatic rings. The fourth-order valence-electron chi connectivity index (χ4n) is 0.937. The minimum atomic E-state index is -0.532. The molecule has 0 aromatic heterocycles. The van der Waals surface area contributed by atoms with E-state index in [9.17, 15) is 0 Å². The van der Waals surface area contributed by atoms with Crippen LogP contribution in [-0.4, -0.2) is 53.8 Å². The van der Waals surface area contributed by atoms with Crippen molar-refractivity contribution >= 4 is 22.5 Å². The second kappa shape index (κ2) is 5.35. The van der Waals surface area contributed by atoms with E-state index in [1.165, 1.54) is 22.5 Å². The Kier molecular flexibility index (Phi) is 5.68. The van der Waals surface area contributed by atoms with Gasteiger partial charge in [-0.25, -0.2) is 0 Å². The van der Waals surface area contributed by atoms with Crippen molar-refractivity contribution in [3.63, 3.8) is 0 Å². The van der Waals surface area contributed by atoms with Crippen LogP contribution in [0.15, 0.2) is 0 Å². The van der Waals surface area contributed by atoms with Crippen LogP contribution in [0.5, 0.6) is 0 Å². The number of rotatable bonds is 5. The van der Waals surface area contributed by atoms with E-state index in [1.807, 2.05) is 6.92 Å². The van der Waals surface area contributed by atoms with Gasteiger partial charge in [0, 0.05) is 0 Å². The van der Waals surface area contributed by atoms with Crippen molar-refractivity contribution in [2.45, 2.75) is 23.3 Å². The third-order valence-electron chi connectivity index (χ3n) is 1.69. The molecule has 3 radical (unpaired) electrons. The summed E-state index contributed by atoms with van der Waals surface area (Å²) < 4.78 is 15.1. The van der Waals surface area contributed by atoms with Crippen molar-refractivity contribution in [2.24, 2.45) is 0 Å². The van der Waals surface area contributed by atoms with Gasteiger partial charge in [-0.05, 0) is 0 Å². The summed E-state index contributed by atoms with van der Waals surface area (Å²) >= 11 is 1.18. The molecule has 0 spiro atoms. The molecular formula is C7H15O3Sn. The number of hydrogen-bond acceptors (Lipinski definition) is 3. The van der Waals surface area contributed by atoms with Crippen molar-refractivity contribution in [3.05, 3.63) is 0 Å². The Morgan fingerprint density at radius 2 is 1.73 bits per heavy atom. The number of methoxy groups -OCH3 is 3. The van der Waals surface area contributed by atoms with Gasteiger partial charge in [0.25, 0.3) is 0 Å². The van der Waals surface area contributed by atoms with Gasteiger partial charge in [0.2, 0.25) is 0 Å². The maximum absolute atomic E-state index is 5.22. The van der Waals surface area contributed by atoms with Gasteiger partial charge in [0.05, 0.1) is 0 Å². The van der Waals surface area contributed by atoms with E-state index >= 15 is 0 Å². The van der Waals surface area contributed by atoms with Gasteiger partial charge in [-0.1, -0.05) is 0 Å². The molecule has 0 fully saturated rings. The SMILES string of the molecule is CCC(OC)[C]([Sn])(OC)OC. The standard InChI is InChI=1S/C7H15O3.Sn/c1-5-6(8-2)7(9-3)10-4;/h6H,5H2,1-4H3;. The third-order valence-corrected chi connectivity index (χ3v) is 3.77. The quantitative estimate of drug-likeness (QED) is 0.536. The summed E-state index contributed by atoms with van der Waals surface area (Å²) in [5.74, 6) is 0. The molecular weight excluding hydrogens is 251 g/mol. The molecule has 1 atom stereocenters. The van der Waals surface area contributed by atoms with Crippen LogP contribution in [0.4, 0.5) is 0 Å². The fraction of sp³-hybridized carbons (Fsp3) is 1.00. The van der Waals surface area contributed by atoms with Gasteiger partial charge in [-0.15, -0.1) is 0 Å². The zero-order chi connectivity index (χ0) is 8.91. The molecule has 3 nitrogen and oxygen atoms in total. The van der Waals surface area contributed by atoms with Gasteiger partial charge in [0.15, 0.2) is 0 Å². The predicted octanol–water partition coefficient (Wildman–Crippen LogP) is 0.526. The van der Waals surface area contributed by atoms with Gasteiger partial charge in [0.1, 0.15) is 0 Å². The Hall–Kier alpha value is 0.679. The topological polar surface area (TPSA) is 27.7 Å². The molecule has 0 amide bonds. The van der Waals surface area contributed by atoms with Crippen molar-refractivity contribution < 1.29 is 14.2 Å². The van der Waals surface area contributed by atoms with E-state index < -0.39 is 3.80 Å². The van der Waals surface area contributed by atoms with Gasteiger partial charge in [-0.2, -0.15) is 0 Å². The zero-order valence-corrected chi connectivity index (χ0v) is 10.4. The Morgan fingerprint density at radius 3 is 1.82 bits per heavy atom. The van der Waals surface area contributed by atoms with Crippen LogP contribution in [0.1, 0.15) is 13.3 Å². The summed E-state index contributed by atoms with van der Waals surface area (Å²) in [5, 5.41) is 0. The Bertz CT molecular complexity index is 99.9. The van der Waals surface area contributed by atoms with Crippen LogP contribution in [0.25, 0.3) is 0 Å². The van der Waals surface area contributed by atoms with Gasteiger partial charge < -0.3 is 0 Å². The second-order valence-corrected chi connectivity index (χ2v) is 4.20. The van der Waals surface area contributed by atoms with E-state index in [0.29, 0.717) is 0 Å². The average Bonchev–Trinajstić information content (AvgIpc) is 2.06. The molecule has 0 heterocycles. The van der Waals surface area contributed by atoms with Crippen LogP contribution in [0, 0.1) is 0 Å². The summed E-state index contributed by atoms with van der Waals surface area (Å²) in [5.41, 5.74) is 0. The first kappa shape index (κ1) is 11.7. The van der Waals surface area contributed by atoms with E-state index in [1.54, 1.807) is 21.3 Å². The molecule has 0 bridgehead atoms. The monoisotopic (exact) mass is 267 g/mol. The molecule has 1 unspecified atom stereocenters. The summed E-state index contributed by atoms with van der Waals surface area (Å²) in [7, 11) is 4.95. The van der Waals surface area contributed by atoms with Gasteiger partial charge >= 0.3 is 81.3 Å². The van der Waals surface area contributed by atoms with E-state index in [0.717, 1.165) is 6.42 Å². The first-order valence-electron chi connectivity index (χ1n) is 3.52. The van der Waals surface area contributed by atoms with Crippen molar-refractivity contribution in [1.29, 1.82) is 0 Å². The van der Waals surface area contributed by atoms with Crippen molar-refractivity contribution in [1.82, 2.24) is 0 Å². The summed E-state index contributed by atoms with van der Waals surface area (Å²) in [4.78, 5) is 0. The maximum atomic E-state index is 5.22. The number of ether oxygens (including phenoxy) is 3. The van der Waals surface area contributed by atoms with Crippen LogP contribution in [0.3, 0.4) is 0 Å². The van der Waals surface area contributed by atoms with Gasteiger partial charge in [-0.3, -0.25) is 0 Å². The first-order chi connectivity index (χ1) is 5.14. The van der Waals surface area contributed by atoms with Crippen LogP contribution < -0.4 is 0 Å². The molecule has 0 aliphatic carbocycles. The molecule has 4 heteroatoms. The zero-order valence-electron chi connectivity index (χ0n) is 7.51. The van der Waals surface area contributed by atoms with Crippen molar-refractivity contribution in [2.75, 3.05) is 21.3 Å². The predicted molar refractivity (Wildman–Crippen MR) is 43.6 cm³/mol. The molecule has 0 rings (SSSR count). The van der Waals surface area contributed by atoms with E-state index in [2.05, 4.69) is 0 Å². The molecule has 0 saturated heterocycles. The van der Waals surface area contributed by atoms with Crippen LogP contribution >= 0.6 is 0 Å². The third kappa shape index (κ3) is 2.89. The van der Waals surface area contributed by atoms with Crippen molar-refractivity contribution in [3.8, 4) is 0 Å². The number of hydrogen-bond donors (Lipinski definition) is 0. The van der Waals surface area contributed by atoms with E-state index in [4.69, 9.17) is 14.2 Å². The second-order valence-electron chi connectivity index (χ2n) is 2.21. The Morgan fingerprint density at radius 1 is 1.27 bits per heavy atom. The average molecular weight is 266 g/mol. The van der Waals surface area contributed by atoms with Crippen LogP contribution in [0.2, 0.25) is 0 Å². The minimum absolute atomic E-state index is 0.0238. The first-order valence-corrected chi connectivity index (χ1v) is 4.95. The molecule has 0 aromatic carbocycles. The normalized spacial score (nSPS) is 15.0. The molecule has 11 heavy (non-hydrogen) atoms. The molecule has 0 N–H and O–H groups in total.